The molecule has 6 heteroatoms. The molecule has 0 saturated carbocycles. The van der Waals surface area contributed by atoms with E-state index in [1.807, 2.05) is 18.2 Å². The molecule has 2 aromatic carbocycles. The summed E-state index contributed by atoms with van der Waals surface area (Å²) in [5.41, 5.74) is 3.59. The van der Waals surface area contributed by atoms with Crippen LogP contribution in [0, 0.1) is 0 Å². The van der Waals surface area contributed by atoms with Crippen LogP contribution < -0.4 is 10.6 Å². The van der Waals surface area contributed by atoms with E-state index in [1.54, 1.807) is 0 Å². The number of nitrogens with zero attached hydrogens (tertiary/aromatic N) is 2. The van der Waals surface area contributed by atoms with E-state index in [1.165, 1.54) is 55.6 Å². The average molecular weight is 551 g/mol. The molecule has 1 saturated heterocycles. The molecule has 0 unspecified atom stereocenters. The lowest BCUT2D eigenvalue weighted by Gasteiger charge is -2.32. The fraction of sp³-hybridized carbons (Fsp3) is 0.500. The maximum Gasteiger partial charge on any atom is 0.191 e. The van der Waals surface area contributed by atoms with Crippen molar-refractivity contribution in [2.24, 2.45) is 4.99 Å². The second kappa shape index (κ2) is 15.2. The van der Waals surface area contributed by atoms with Crippen molar-refractivity contribution < 1.29 is 4.74 Å². The number of ether oxygens (including phenoxy) is 1. The first-order valence-electron chi connectivity index (χ1n) is 11.7. The number of rotatable bonds is 10. The Kier molecular flexibility index (Phi) is 12.7. The number of guanidine groups is 1. The molecule has 0 aliphatic carbocycles. The van der Waals surface area contributed by atoms with Crippen LogP contribution in [0.15, 0.2) is 59.6 Å². The van der Waals surface area contributed by atoms with E-state index in [0.29, 0.717) is 25.8 Å². The zero-order valence-corrected chi connectivity index (χ0v) is 21.9. The number of nitrogens with one attached hydrogen (secondary N) is 2. The second-order valence-corrected chi connectivity index (χ2v) is 8.25. The molecule has 5 nitrogen and oxygen atoms in total. The van der Waals surface area contributed by atoms with Crippen molar-refractivity contribution in [2.75, 3.05) is 26.2 Å². The Morgan fingerprint density at radius 2 is 1.66 bits per heavy atom. The molecule has 0 atom stereocenters. The van der Waals surface area contributed by atoms with Gasteiger partial charge in [0.15, 0.2) is 5.96 Å². The summed E-state index contributed by atoms with van der Waals surface area (Å²) in [5, 5.41) is 7.05. The number of hydrogen-bond acceptors (Lipinski definition) is 3. The minimum atomic E-state index is 0. The summed E-state index contributed by atoms with van der Waals surface area (Å²) in [6.45, 7) is 10.7. The largest absolute Gasteiger partial charge is 0.372 e. The first-order valence-corrected chi connectivity index (χ1v) is 11.7. The van der Waals surface area contributed by atoms with E-state index in [0.717, 1.165) is 12.5 Å². The van der Waals surface area contributed by atoms with Gasteiger partial charge in [-0.05, 0) is 49.4 Å². The minimum absolute atomic E-state index is 0. The van der Waals surface area contributed by atoms with Crippen LogP contribution in [0.4, 0.5) is 0 Å². The Morgan fingerprint density at radius 1 is 0.969 bits per heavy atom. The Bertz CT molecular complexity index is 791. The molecular formula is C26H39IN4O. The molecule has 3 rings (SSSR count). The minimum Gasteiger partial charge on any atom is -0.372 e. The lowest BCUT2D eigenvalue weighted by atomic mass is 10.1. The van der Waals surface area contributed by atoms with Crippen LogP contribution in [0.25, 0.3) is 0 Å². The highest BCUT2D eigenvalue weighted by molar-refractivity contribution is 14.0. The predicted molar refractivity (Wildman–Crippen MR) is 144 cm³/mol. The van der Waals surface area contributed by atoms with Gasteiger partial charge in [0.05, 0.1) is 19.8 Å². The Balaban J connectivity index is 0.00000363. The van der Waals surface area contributed by atoms with Crippen molar-refractivity contribution >= 4 is 29.9 Å². The molecule has 0 bridgehead atoms. The van der Waals surface area contributed by atoms with Gasteiger partial charge in [0.2, 0.25) is 0 Å². The standard InChI is InChI=1S/C26H38N4O.HI/c1-3-15-30-16-13-25(14-17-30)29-26(27-4-2)28-19-23-11-8-12-24(18-23)21-31-20-22-9-6-5-7-10-22;/h5-12,18,25H,3-4,13-17,19-21H2,1-2H3,(H2,27,28,29);1H. The van der Waals surface area contributed by atoms with Gasteiger partial charge < -0.3 is 20.3 Å². The van der Waals surface area contributed by atoms with Gasteiger partial charge in [0, 0.05) is 25.7 Å². The van der Waals surface area contributed by atoms with Gasteiger partial charge in [-0.1, -0.05) is 61.5 Å². The van der Waals surface area contributed by atoms with E-state index >= 15 is 0 Å². The van der Waals surface area contributed by atoms with Gasteiger partial charge in [-0.3, -0.25) is 0 Å². The van der Waals surface area contributed by atoms with Crippen molar-refractivity contribution in [3.05, 3.63) is 71.3 Å². The third-order valence-corrected chi connectivity index (χ3v) is 5.60. The van der Waals surface area contributed by atoms with Gasteiger partial charge >= 0.3 is 0 Å². The van der Waals surface area contributed by atoms with Crippen LogP contribution in [0.5, 0.6) is 0 Å². The molecule has 1 aliphatic rings. The number of piperidine rings is 1. The van der Waals surface area contributed by atoms with Gasteiger partial charge in [-0.15, -0.1) is 24.0 Å². The van der Waals surface area contributed by atoms with Crippen LogP contribution in [0.3, 0.4) is 0 Å². The molecule has 32 heavy (non-hydrogen) atoms. The molecule has 0 aromatic heterocycles. The Hall–Kier alpha value is -1.64. The number of likely N-dealkylation sites (tertiary alicyclic amines) is 1. The zero-order chi connectivity index (χ0) is 21.7. The van der Waals surface area contributed by atoms with E-state index < -0.39 is 0 Å². The monoisotopic (exact) mass is 550 g/mol. The molecule has 2 aromatic rings. The Labute approximate surface area is 211 Å². The molecule has 1 aliphatic heterocycles. The van der Waals surface area contributed by atoms with Crippen LogP contribution in [-0.4, -0.2) is 43.1 Å². The first kappa shape index (κ1) is 26.6. The van der Waals surface area contributed by atoms with E-state index in [4.69, 9.17) is 9.73 Å². The summed E-state index contributed by atoms with van der Waals surface area (Å²) in [6, 6.07) is 19.3. The van der Waals surface area contributed by atoms with Crippen molar-refractivity contribution in [1.82, 2.24) is 15.5 Å². The lowest BCUT2D eigenvalue weighted by Crippen LogP contribution is -2.48. The second-order valence-electron chi connectivity index (χ2n) is 8.25. The van der Waals surface area contributed by atoms with Crippen molar-refractivity contribution in [3.8, 4) is 0 Å². The van der Waals surface area contributed by atoms with Crippen molar-refractivity contribution in [2.45, 2.75) is 58.9 Å². The average Bonchev–Trinajstić information content (AvgIpc) is 2.80. The maximum atomic E-state index is 5.89. The van der Waals surface area contributed by atoms with Gasteiger partial charge in [-0.25, -0.2) is 4.99 Å². The summed E-state index contributed by atoms with van der Waals surface area (Å²) in [6.07, 6.45) is 3.59. The molecule has 2 N–H and O–H groups in total. The summed E-state index contributed by atoms with van der Waals surface area (Å²) >= 11 is 0. The molecule has 0 amide bonds. The van der Waals surface area contributed by atoms with Gasteiger partial charge in [0.25, 0.3) is 0 Å². The van der Waals surface area contributed by atoms with E-state index in [9.17, 15) is 0 Å². The van der Waals surface area contributed by atoms with Gasteiger partial charge in [-0.2, -0.15) is 0 Å². The summed E-state index contributed by atoms with van der Waals surface area (Å²) in [7, 11) is 0. The fourth-order valence-corrected chi connectivity index (χ4v) is 3.98. The van der Waals surface area contributed by atoms with Crippen molar-refractivity contribution in [3.63, 3.8) is 0 Å². The summed E-state index contributed by atoms with van der Waals surface area (Å²) in [5.74, 6) is 0.919. The number of aliphatic imine (C=N–C) groups is 1. The van der Waals surface area contributed by atoms with Crippen LogP contribution in [0.2, 0.25) is 0 Å². The maximum absolute atomic E-state index is 5.89. The summed E-state index contributed by atoms with van der Waals surface area (Å²) in [4.78, 5) is 7.41. The number of halogens is 1. The van der Waals surface area contributed by atoms with Crippen LogP contribution in [-0.2, 0) is 24.5 Å². The highest BCUT2D eigenvalue weighted by atomic mass is 127. The molecule has 0 spiro atoms. The van der Waals surface area contributed by atoms with E-state index in [-0.39, 0.29) is 24.0 Å². The smallest absolute Gasteiger partial charge is 0.191 e. The third kappa shape index (κ3) is 9.46. The van der Waals surface area contributed by atoms with Gasteiger partial charge in [0.1, 0.15) is 0 Å². The van der Waals surface area contributed by atoms with Crippen LogP contribution >= 0.6 is 24.0 Å². The fourth-order valence-electron chi connectivity index (χ4n) is 3.98. The normalized spacial score (nSPS) is 15.2. The quantitative estimate of drug-likeness (QED) is 0.250. The number of hydrogen-bond donors (Lipinski definition) is 2. The highest BCUT2D eigenvalue weighted by Gasteiger charge is 2.19. The highest BCUT2D eigenvalue weighted by Crippen LogP contribution is 2.12. The Morgan fingerprint density at radius 3 is 2.38 bits per heavy atom. The molecular weight excluding hydrogens is 511 g/mol. The summed E-state index contributed by atoms with van der Waals surface area (Å²) < 4.78 is 5.89. The first-order chi connectivity index (χ1) is 15.3. The zero-order valence-electron chi connectivity index (χ0n) is 19.6. The SMILES string of the molecule is CCCN1CCC(NC(=NCc2cccc(COCc3ccccc3)c2)NCC)CC1.I. The lowest BCUT2D eigenvalue weighted by molar-refractivity contribution is 0.107. The number of benzene rings is 2. The third-order valence-electron chi connectivity index (χ3n) is 5.60. The topological polar surface area (TPSA) is 48.9 Å². The molecule has 0 radical (unpaired) electrons. The molecule has 1 fully saturated rings. The van der Waals surface area contributed by atoms with Crippen LogP contribution in [0.1, 0.15) is 49.8 Å². The molecule has 1 heterocycles. The van der Waals surface area contributed by atoms with E-state index in [2.05, 4.69) is 65.8 Å². The molecule has 176 valence electrons. The van der Waals surface area contributed by atoms with Crippen molar-refractivity contribution in [1.29, 1.82) is 0 Å². The predicted octanol–water partition coefficient (Wildman–Crippen LogP) is 4.95.